The Bertz CT molecular complexity index is 1420. The lowest BCUT2D eigenvalue weighted by Crippen LogP contribution is -2.50. The largest absolute Gasteiger partial charge is 0.431 e. The number of oxazole rings is 1. The Morgan fingerprint density at radius 3 is 1.75 bits per heavy atom. The van der Waals surface area contributed by atoms with E-state index in [1.165, 1.54) is 22.9 Å². The van der Waals surface area contributed by atoms with Crippen molar-refractivity contribution in [2.24, 2.45) is 0 Å². The molecule has 5 nitrogen and oxygen atoms in total. The first-order valence-corrected chi connectivity index (χ1v) is 14.6. The summed E-state index contributed by atoms with van der Waals surface area (Å²) in [6, 6.07) is 41.5. The van der Waals surface area contributed by atoms with E-state index in [0.717, 1.165) is 35.7 Å². The summed E-state index contributed by atoms with van der Waals surface area (Å²) in [7, 11) is 0. The molecule has 1 aromatic heterocycles. The summed E-state index contributed by atoms with van der Waals surface area (Å²) in [5, 5.41) is 0.512. The van der Waals surface area contributed by atoms with Crippen LogP contribution in [0.2, 0.25) is 0 Å². The van der Waals surface area contributed by atoms with Crippen molar-refractivity contribution in [3.8, 4) is 22.6 Å². The zero-order valence-electron chi connectivity index (χ0n) is 22.2. The fraction of sp³-hybridized carbons (Fsp3) is 0.176. The van der Waals surface area contributed by atoms with E-state index in [9.17, 15) is 4.79 Å². The molecule has 1 fully saturated rings. The first-order valence-electron chi connectivity index (χ1n) is 13.6. The second kappa shape index (κ2) is 12.4. The Morgan fingerprint density at radius 2 is 1.20 bits per heavy atom. The van der Waals surface area contributed by atoms with Crippen LogP contribution in [0, 0.1) is 0 Å². The molecule has 2 heterocycles. The maximum absolute atomic E-state index is 13.2. The molecule has 1 amide bonds. The van der Waals surface area contributed by atoms with Crippen LogP contribution in [0.5, 0.6) is 0 Å². The second-order valence-electron chi connectivity index (χ2n) is 9.82. The van der Waals surface area contributed by atoms with Gasteiger partial charge in [0.15, 0.2) is 5.76 Å². The van der Waals surface area contributed by atoms with E-state index in [1.54, 1.807) is 0 Å². The highest BCUT2D eigenvalue weighted by molar-refractivity contribution is 7.99. The number of amides is 1. The molecule has 6 heteroatoms. The molecule has 40 heavy (non-hydrogen) atoms. The third-order valence-electron chi connectivity index (χ3n) is 7.27. The average molecular weight is 546 g/mol. The lowest BCUT2D eigenvalue weighted by Gasteiger charge is -2.39. The fourth-order valence-electron chi connectivity index (χ4n) is 5.27. The van der Waals surface area contributed by atoms with E-state index >= 15 is 0 Å². The van der Waals surface area contributed by atoms with Gasteiger partial charge in [-0.2, -0.15) is 0 Å². The molecule has 1 aliphatic rings. The zero-order chi connectivity index (χ0) is 27.1. The monoisotopic (exact) mass is 545 g/mol. The van der Waals surface area contributed by atoms with E-state index in [-0.39, 0.29) is 11.9 Å². The van der Waals surface area contributed by atoms with Gasteiger partial charge in [-0.1, -0.05) is 133 Å². The number of benzene rings is 4. The van der Waals surface area contributed by atoms with Gasteiger partial charge in [0.05, 0.1) is 11.8 Å². The second-order valence-corrected chi connectivity index (χ2v) is 10.7. The van der Waals surface area contributed by atoms with Gasteiger partial charge in [-0.05, 0) is 11.1 Å². The van der Waals surface area contributed by atoms with Crippen LogP contribution in [0.1, 0.15) is 17.2 Å². The summed E-state index contributed by atoms with van der Waals surface area (Å²) < 4.78 is 6.21. The molecule has 1 aliphatic heterocycles. The molecule has 0 radical (unpaired) electrons. The number of nitrogens with zero attached hydrogens (tertiary/aromatic N) is 3. The van der Waals surface area contributed by atoms with Crippen molar-refractivity contribution in [2.45, 2.75) is 11.3 Å². The van der Waals surface area contributed by atoms with Crippen LogP contribution in [0.4, 0.5) is 0 Å². The predicted octanol–water partition coefficient (Wildman–Crippen LogP) is 7.03. The summed E-state index contributed by atoms with van der Waals surface area (Å²) in [6.45, 7) is 3.04. The van der Waals surface area contributed by atoms with Gasteiger partial charge >= 0.3 is 0 Å². The Labute approximate surface area is 239 Å². The third-order valence-corrected chi connectivity index (χ3v) is 8.09. The highest BCUT2D eigenvalue weighted by Gasteiger charge is 2.28. The van der Waals surface area contributed by atoms with Crippen molar-refractivity contribution in [2.75, 3.05) is 31.9 Å². The number of thioether (sulfide) groups is 1. The number of piperazine rings is 1. The SMILES string of the molecule is O=C(CSc1nc(-c2ccccc2)c(-c2ccccc2)o1)N1CCN(C(c2ccccc2)c2ccccc2)CC1. The molecule has 1 saturated heterocycles. The number of hydrogen-bond donors (Lipinski definition) is 0. The number of hydrogen-bond acceptors (Lipinski definition) is 5. The van der Waals surface area contributed by atoms with Crippen LogP contribution >= 0.6 is 11.8 Å². The van der Waals surface area contributed by atoms with Crippen molar-refractivity contribution in [1.29, 1.82) is 0 Å². The summed E-state index contributed by atoms with van der Waals surface area (Å²) in [4.78, 5) is 22.5. The number of carbonyl (C=O) groups excluding carboxylic acids is 1. The average Bonchev–Trinajstić information content (AvgIpc) is 3.47. The third kappa shape index (κ3) is 5.88. The highest BCUT2D eigenvalue weighted by Crippen LogP contribution is 2.36. The predicted molar refractivity (Wildman–Crippen MR) is 161 cm³/mol. The summed E-state index contributed by atoms with van der Waals surface area (Å²) >= 11 is 1.36. The Balaban J connectivity index is 1.12. The van der Waals surface area contributed by atoms with Gasteiger partial charge in [-0.25, -0.2) is 4.98 Å². The van der Waals surface area contributed by atoms with Crippen molar-refractivity contribution in [3.63, 3.8) is 0 Å². The minimum atomic E-state index is 0.112. The van der Waals surface area contributed by atoms with E-state index in [0.29, 0.717) is 24.1 Å². The Hall–Kier alpha value is -4.13. The normalized spacial score (nSPS) is 14.0. The van der Waals surface area contributed by atoms with E-state index in [2.05, 4.69) is 65.6 Å². The lowest BCUT2D eigenvalue weighted by molar-refractivity contribution is -0.130. The molecule has 0 unspecified atom stereocenters. The van der Waals surface area contributed by atoms with Crippen LogP contribution in [0.15, 0.2) is 131 Å². The molecular weight excluding hydrogens is 514 g/mol. The number of aromatic nitrogens is 1. The summed E-state index contributed by atoms with van der Waals surface area (Å²) in [6.07, 6.45) is 0. The Morgan fingerprint density at radius 1 is 0.700 bits per heavy atom. The molecule has 200 valence electrons. The molecule has 4 aromatic carbocycles. The van der Waals surface area contributed by atoms with Gasteiger partial charge in [0, 0.05) is 37.3 Å². The van der Waals surface area contributed by atoms with Gasteiger partial charge in [0.25, 0.3) is 5.22 Å². The quantitative estimate of drug-likeness (QED) is 0.196. The maximum atomic E-state index is 13.2. The molecule has 0 saturated carbocycles. The fourth-order valence-corrected chi connectivity index (χ4v) is 6.00. The van der Waals surface area contributed by atoms with Crippen LogP contribution in [-0.4, -0.2) is 52.6 Å². The molecule has 0 N–H and O–H groups in total. The van der Waals surface area contributed by atoms with E-state index in [1.807, 2.05) is 65.6 Å². The van der Waals surface area contributed by atoms with Crippen LogP contribution in [0.3, 0.4) is 0 Å². The lowest BCUT2D eigenvalue weighted by atomic mass is 9.96. The molecule has 0 atom stereocenters. The first kappa shape index (κ1) is 26.1. The molecule has 0 spiro atoms. The van der Waals surface area contributed by atoms with Crippen molar-refractivity contribution < 1.29 is 9.21 Å². The smallest absolute Gasteiger partial charge is 0.257 e. The minimum absolute atomic E-state index is 0.112. The van der Waals surface area contributed by atoms with Gasteiger partial charge < -0.3 is 9.32 Å². The molecular formula is C34H31N3O2S. The summed E-state index contributed by atoms with van der Waals surface area (Å²) in [5.41, 5.74) is 5.30. The standard InChI is InChI=1S/C34H31N3O2S/c38-30(25-40-34-35-31(26-13-5-1-6-14-26)33(39-34)29-19-11-4-12-20-29)36-21-23-37(24-22-36)32(27-15-7-2-8-16-27)28-17-9-3-10-18-28/h1-20,32H,21-25H2. The van der Waals surface area contributed by atoms with E-state index < -0.39 is 0 Å². The molecule has 5 aromatic rings. The zero-order valence-corrected chi connectivity index (χ0v) is 23.0. The van der Waals surface area contributed by atoms with Crippen LogP contribution in [0.25, 0.3) is 22.6 Å². The van der Waals surface area contributed by atoms with Crippen LogP contribution < -0.4 is 0 Å². The molecule has 0 aliphatic carbocycles. The van der Waals surface area contributed by atoms with E-state index in [4.69, 9.17) is 9.40 Å². The topological polar surface area (TPSA) is 49.6 Å². The van der Waals surface area contributed by atoms with Gasteiger partial charge in [0.1, 0.15) is 5.69 Å². The Kier molecular flexibility index (Phi) is 8.07. The number of rotatable bonds is 8. The van der Waals surface area contributed by atoms with Gasteiger partial charge in [-0.15, -0.1) is 0 Å². The first-order chi connectivity index (χ1) is 19.8. The minimum Gasteiger partial charge on any atom is -0.431 e. The van der Waals surface area contributed by atoms with Gasteiger partial charge in [-0.3, -0.25) is 9.69 Å². The van der Waals surface area contributed by atoms with Crippen molar-refractivity contribution in [1.82, 2.24) is 14.8 Å². The van der Waals surface area contributed by atoms with Crippen molar-refractivity contribution in [3.05, 3.63) is 132 Å². The molecule has 0 bridgehead atoms. The highest BCUT2D eigenvalue weighted by atomic mass is 32.2. The molecule has 6 rings (SSSR count). The maximum Gasteiger partial charge on any atom is 0.257 e. The summed E-state index contributed by atoms with van der Waals surface area (Å²) in [5.74, 6) is 1.13. The number of carbonyl (C=O) groups is 1. The van der Waals surface area contributed by atoms with Crippen LogP contribution in [-0.2, 0) is 4.79 Å². The van der Waals surface area contributed by atoms with Crippen molar-refractivity contribution >= 4 is 17.7 Å². The van der Waals surface area contributed by atoms with Gasteiger partial charge in [0.2, 0.25) is 5.91 Å².